The van der Waals surface area contributed by atoms with Crippen LogP contribution in [0.15, 0.2) is 48.7 Å². The first-order valence-electron chi connectivity index (χ1n) is 8.77. The molecule has 1 aromatic carbocycles. The van der Waals surface area contributed by atoms with Gasteiger partial charge in [-0.05, 0) is 31.2 Å². The maximum Gasteiger partial charge on any atom is 0.319 e. The van der Waals surface area contributed by atoms with Crippen molar-refractivity contribution < 1.29 is 13.6 Å². The van der Waals surface area contributed by atoms with Gasteiger partial charge in [-0.1, -0.05) is 6.07 Å². The Morgan fingerprint density at radius 1 is 0.966 bits per heavy atom. The van der Waals surface area contributed by atoms with Crippen molar-refractivity contribution in [2.24, 2.45) is 0 Å². The Labute approximate surface area is 165 Å². The number of aromatic nitrogens is 3. The summed E-state index contributed by atoms with van der Waals surface area (Å²) in [6.45, 7) is 2.44. The molecule has 8 nitrogen and oxygen atoms in total. The fourth-order valence-electron chi connectivity index (χ4n) is 2.41. The van der Waals surface area contributed by atoms with Crippen molar-refractivity contribution in [1.82, 2.24) is 20.3 Å². The van der Waals surface area contributed by atoms with E-state index in [1.807, 2.05) is 18.2 Å². The molecule has 2 aromatic heterocycles. The number of urea groups is 1. The van der Waals surface area contributed by atoms with E-state index in [2.05, 4.69) is 36.2 Å². The molecule has 3 rings (SSSR count). The molecule has 0 saturated carbocycles. The number of anilines is 4. The van der Waals surface area contributed by atoms with E-state index < -0.39 is 17.7 Å². The first kappa shape index (κ1) is 19.9. The SMILES string of the molecule is Cc1nc(NCCNC(=O)Nc2ccc(F)c(F)c2)cc(Nc2ccccn2)n1. The van der Waals surface area contributed by atoms with E-state index in [9.17, 15) is 13.6 Å². The summed E-state index contributed by atoms with van der Waals surface area (Å²) in [6, 6.07) is 9.82. The lowest BCUT2D eigenvalue weighted by atomic mass is 10.3. The summed E-state index contributed by atoms with van der Waals surface area (Å²) in [5.41, 5.74) is 0.158. The number of benzene rings is 1. The number of aryl methyl sites for hydroxylation is 1. The fourth-order valence-corrected chi connectivity index (χ4v) is 2.41. The van der Waals surface area contributed by atoms with Crippen LogP contribution in [0.5, 0.6) is 0 Å². The maximum atomic E-state index is 13.1. The van der Waals surface area contributed by atoms with E-state index in [1.165, 1.54) is 6.07 Å². The molecular formula is C19H19F2N7O. The van der Waals surface area contributed by atoms with E-state index in [0.717, 1.165) is 12.1 Å². The van der Waals surface area contributed by atoms with Gasteiger partial charge in [0, 0.05) is 37.1 Å². The molecule has 0 aliphatic heterocycles. The predicted octanol–water partition coefficient (Wildman–Crippen LogP) is 3.44. The third kappa shape index (κ3) is 6.09. The van der Waals surface area contributed by atoms with Crippen LogP contribution in [-0.2, 0) is 0 Å². The molecule has 2 heterocycles. The second-order valence-electron chi connectivity index (χ2n) is 5.96. The molecule has 3 aromatic rings. The minimum atomic E-state index is -1.03. The summed E-state index contributed by atoms with van der Waals surface area (Å²) in [4.78, 5) is 24.6. The standard InChI is InChI=1S/C19H19F2N7O/c1-12-25-17(11-18(26-12)28-16-4-2-3-7-22-16)23-8-9-24-19(29)27-13-5-6-14(20)15(21)10-13/h2-7,10-11H,8-9H2,1H3,(H2,24,27,29)(H2,22,23,25,26,28). The lowest BCUT2D eigenvalue weighted by Crippen LogP contribution is -2.32. The molecule has 0 radical (unpaired) electrons. The van der Waals surface area contributed by atoms with Gasteiger partial charge in [0.25, 0.3) is 0 Å². The molecule has 0 bridgehead atoms. The van der Waals surface area contributed by atoms with Crippen molar-refractivity contribution in [2.45, 2.75) is 6.92 Å². The molecule has 10 heteroatoms. The molecule has 4 N–H and O–H groups in total. The van der Waals surface area contributed by atoms with Gasteiger partial charge in [-0.25, -0.2) is 28.5 Å². The number of rotatable bonds is 7. The Morgan fingerprint density at radius 2 is 1.79 bits per heavy atom. The van der Waals surface area contributed by atoms with Gasteiger partial charge >= 0.3 is 6.03 Å². The van der Waals surface area contributed by atoms with Gasteiger partial charge in [0.1, 0.15) is 23.3 Å². The molecule has 0 aliphatic rings. The largest absolute Gasteiger partial charge is 0.368 e. The Kier molecular flexibility index (Phi) is 6.46. The Hall–Kier alpha value is -3.82. The van der Waals surface area contributed by atoms with Crippen LogP contribution in [0, 0.1) is 18.6 Å². The zero-order valence-corrected chi connectivity index (χ0v) is 15.5. The molecule has 0 atom stereocenters. The second kappa shape index (κ2) is 9.40. The number of halogens is 2. The predicted molar refractivity (Wildman–Crippen MR) is 106 cm³/mol. The summed E-state index contributed by atoms with van der Waals surface area (Å²) < 4.78 is 26.0. The number of carbonyl (C=O) groups is 1. The second-order valence-corrected chi connectivity index (χ2v) is 5.96. The van der Waals surface area contributed by atoms with Crippen LogP contribution in [0.3, 0.4) is 0 Å². The van der Waals surface area contributed by atoms with Gasteiger partial charge in [-0.2, -0.15) is 0 Å². The average molecular weight is 399 g/mol. The number of hydrogen-bond donors (Lipinski definition) is 4. The third-order valence-corrected chi connectivity index (χ3v) is 3.65. The topological polar surface area (TPSA) is 104 Å². The Morgan fingerprint density at radius 3 is 2.55 bits per heavy atom. The van der Waals surface area contributed by atoms with Crippen LogP contribution in [0.25, 0.3) is 0 Å². The molecule has 0 saturated heterocycles. The van der Waals surface area contributed by atoms with Gasteiger partial charge in [-0.15, -0.1) is 0 Å². The number of hydrogen-bond acceptors (Lipinski definition) is 6. The molecule has 0 spiro atoms. The van der Waals surface area contributed by atoms with Crippen LogP contribution in [0.2, 0.25) is 0 Å². The molecule has 2 amide bonds. The summed E-state index contributed by atoms with van der Waals surface area (Å²) in [6.07, 6.45) is 1.67. The highest BCUT2D eigenvalue weighted by molar-refractivity contribution is 5.89. The van der Waals surface area contributed by atoms with E-state index in [4.69, 9.17) is 0 Å². The highest BCUT2D eigenvalue weighted by Gasteiger charge is 2.06. The molecule has 29 heavy (non-hydrogen) atoms. The van der Waals surface area contributed by atoms with Crippen molar-refractivity contribution in [3.8, 4) is 0 Å². The molecule has 0 unspecified atom stereocenters. The Bertz CT molecular complexity index is 986. The molecular weight excluding hydrogens is 380 g/mol. The Balaban J connectivity index is 1.47. The van der Waals surface area contributed by atoms with Crippen molar-refractivity contribution in [2.75, 3.05) is 29.0 Å². The number of nitrogens with zero attached hydrogens (tertiary/aromatic N) is 3. The average Bonchev–Trinajstić information content (AvgIpc) is 2.68. The normalized spacial score (nSPS) is 10.3. The van der Waals surface area contributed by atoms with E-state index in [-0.39, 0.29) is 12.2 Å². The maximum absolute atomic E-state index is 13.1. The first-order valence-corrected chi connectivity index (χ1v) is 8.77. The van der Waals surface area contributed by atoms with Crippen molar-refractivity contribution in [1.29, 1.82) is 0 Å². The van der Waals surface area contributed by atoms with Crippen LogP contribution >= 0.6 is 0 Å². The summed E-state index contributed by atoms with van der Waals surface area (Å²) in [5.74, 6) is 0.391. The smallest absolute Gasteiger partial charge is 0.319 e. The highest BCUT2D eigenvalue weighted by atomic mass is 19.2. The number of amides is 2. The lowest BCUT2D eigenvalue weighted by molar-refractivity contribution is 0.252. The van der Waals surface area contributed by atoms with Crippen LogP contribution in [0.4, 0.5) is 36.7 Å². The van der Waals surface area contributed by atoms with Crippen LogP contribution < -0.4 is 21.3 Å². The monoisotopic (exact) mass is 399 g/mol. The van der Waals surface area contributed by atoms with Crippen molar-refractivity contribution in [3.05, 3.63) is 66.1 Å². The lowest BCUT2D eigenvalue weighted by Gasteiger charge is -2.11. The quantitative estimate of drug-likeness (QED) is 0.454. The van der Waals surface area contributed by atoms with Crippen LogP contribution in [0.1, 0.15) is 5.82 Å². The summed E-state index contributed by atoms with van der Waals surface area (Å²) in [7, 11) is 0. The van der Waals surface area contributed by atoms with Gasteiger partial charge in [-0.3, -0.25) is 0 Å². The zero-order valence-electron chi connectivity index (χ0n) is 15.5. The van der Waals surface area contributed by atoms with Gasteiger partial charge in [0.2, 0.25) is 0 Å². The van der Waals surface area contributed by atoms with Crippen LogP contribution in [-0.4, -0.2) is 34.1 Å². The highest BCUT2D eigenvalue weighted by Crippen LogP contribution is 2.15. The first-order chi connectivity index (χ1) is 14.0. The van der Waals surface area contributed by atoms with Gasteiger partial charge in [0.15, 0.2) is 11.6 Å². The minimum Gasteiger partial charge on any atom is -0.368 e. The zero-order chi connectivity index (χ0) is 20.6. The number of carbonyl (C=O) groups excluding carboxylic acids is 1. The fraction of sp³-hybridized carbons (Fsp3) is 0.158. The number of nitrogens with one attached hydrogen (secondary N) is 4. The molecule has 150 valence electrons. The van der Waals surface area contributed by atoms with E-state index in [1.54, 1.807) is 19.2 Å². The number of pyridine rings is 1. The third-order valence-electron chi connectivity index (χ3n) is 3.65. The van der Waals surface area contributed by atoms with E-state index >= 15 is 0 Å². The molecule has 0 aliphatic carbocycles. The minimum absolute atomic E-state index is 0.158. The molecule has 0 fully saturated rings. The van der Waals surface area contributed by atoms with Gasteiger partial charge < -0.3 is 21.3 Å². The van der Waals surface area contributed by atoms with Gasteiger partial charge in [0.05, 0.1) is 0 Å². The summed E-state index contributed by atoms with van der Waals surface area (Å²) >= 11 is 0. The van der Waals surface area contributed by atoms with Crippen molar-refractivity contribution in [3.63, 3.8) is 0 Å². The van der Waals surface area contributed by atoms with E-state index in [0.29, 0.717) is 29.8 Å². The summed E-state index contributed by atoms with van der Waals surface area (Å²) in [5, 5.41) is 11.2. The van der Waals surface area contributed by atoms with Crippen molar-refractivity contribution >= 4 is 29.2 Å².